The fourth-order valence-electron chi connectivity index (χ4n) is 3.83. The molecule has 0 radical (unpaired) electrons. The van der Waals surface area contributed by atoms with Crippen molar-refractivity contribution >= 4 is 28.5 Å². The normalized spacial score (nSPS) is 13.0. The highest BCUT2D eigenvalue weighted by Gasteiger charge is 2.19. The van der Waals surface area contributed by atoms with Crippen LogP contribution in [0.3, 0.4) is 0 Å². The highest BCUT2D eigenvalue weighted by molar-refractivity contribution is 6.12. The van der Waals surface area contributed by atoms with Gasteiger partial charge in [-0.3, -0.25) is 4.79 Å². The number of esters is 1. The molecule has 0 fully saturated rings. The Bertz CT molecular complexity index is 1050. The Labute approximate surface area is 169 Å². The van der Waals surface area contributed by atoms with Crippen LogP contribution in [0.5, 0.6) is 5.75 Å². The number of hydrogen-bond acceptors (Lipinski definition) is 4. The number of hydrogen-bond donors (Lipinski definition) is 2. The Hall–Kier alpha value is -3.28. The molecular weight excluding hydrogens is 368 g/mol. The lowest BCUT2D eigenvalue weighted by molar-refractivity contribution is -0.145. The number of aromatic amines is 1. The zero-order valence-electron chi connectivity index (χ0n) is 16.4. The summed E-state index contributed by atoms with van der Waals surface area (Å²) >= 11 is 0. The Morgan fingerprint density at radius 1 is 1.10 bits per heavy atom. The molecule has 0 saturated carbocycles. The van der Waals surface area contributed by atoms with Crippen molar-refractivity contribution in [2.75, 3.05) is 18.5 Å². The number of amides is 1. The maximum Gasteiger partial charge on any atom is 0.344 e. The first-order valence-electron chi connectivity index (χ1n) is 9.98. The van der Waals surface area contributed by atoms with E-state index in [1.807, 2.05) is 12.1 Å². The van der Waals surface area contributed by atoms with Gasteiger partial charge in [-0.05, 0) is 56.4 Å². The predicted molar refractivity (Wildman–Crippen MR) is 111 cm³/mol. The van der Waals surface area contributed by atoms with Gasteiger partial charge < -0.3 is 19.8 Å². The molecule has 0 atom stereocenters. The molecule has 29 heavy (non-hydrogen) atoms. The third-order valence-corrected chi connectivity index (χ3v) is 5.13. The number of para-hydroxylation sites is 1. The van der Waals surface area contributed by atoms with E-state index in [9.17, 15) is 9.59 Å². The molecule has 0 unspecified atom stereocenters. The van der Waals surface area contributed by atoms with Gasteiger partial charge in [-0.15, -0.1) is 0 Å². The molecule has 1 heterocycles. The van der Waals surface area contributed by atoms with Crippen molar-refractivity contribution in [2.24, 2.45) is 0 Å². The van der Waals surface area contributed by atoms with E-state index in [1.54, 1.807) is 31.2 Å². The van der Waals surface area contributed by atoms with Crippen LogP contribution in [-0.4, -0.2) is 30.1 Å². The van der Waals surface area contributed by atoms with Gasteiger partial charge in [-0.25, -0.2) is 4.79 Å². The average Bonchev–Trinajstić information content (AvgIpc) is 3.11. The predicted octanol–water partition coefficient (Wildman–Crippen LogP) is 4.24. The molecule has 1 aliphatic carbocycles. The molecule has 150 valence electrons. The minimum absolute atomic E-state index is 0.168. The van der Waals surface area contributed by atoms with Crippen LogP contribution < -0.4 is 10.1 Å². The molecule has 1 amide bonds. The van der Waals surface area contributed by atoms with Gasteiger partial charge in [0.25, 0.3) is 5.91 Å². The maximum absolute atomic E-state index is 13.0. The van der Waals surface area contributed by atoms with E-state index >= 15 is 0 Å². The van der Waals surface area contributed by atoms with Crippen molar-refractivity contribution in [2.45, 2.75) is 32.6 Å². The summed E-state index contributed by atoms with van der Waals surface area (Å²) in [5.41, 5.74) is 4.71. The molecule has 0 bridgehead atoms. The van der Waals surface area contributed by atoms with Crippen LogP contribution in [0.4, 0.5) is 5.69 Å². The monoisotopic (exact) mass is 392 g/mol. The number of rotatable bonds is 6. The van der Waals surface area contributed by atoms with Crippen molar-refractivity contribution in [3.05, 3.63) is 59.3 Å². The average molecular weight is 392 g/mol. The molecule has 2 aromatic carbocycles. The summed E-state index contributed by atoms with van der Waals surface area (Å²) in [7, 11) is 0. The number of nitrogens with one attached hydrogen (secondary N) is 2. The highest BCUT2D eigenvalue weighted by atomic mass is 16.6. The minimum Gasteiger partial charge on any atom is -0.482 e. The first kappa shape index (κ1) is 19.1. The van der Waals surface area contributed by atoms with Gasteiger partial charge in [0, 0.05) is 22.8 Å². The number of fused-ring (bicyclic) bond motifs is 3. The van der Waals surface area contributed by atoms with Crippen LogP contribution in [-0.2, 0) is 22.4 Å². The van der Waals surface area contributed by atoms with Crippen LogP contribution in [0.2, 0.25) is 0 Å². The summed E-state index contributed by atoms with van der Waals surface area (Å²) < 4.78 is 10.3. The Morgan fingerprint density at radius 3 is 2.79 bits per heavy atom. The number of aryl methyl sites for hydroxylation is 2. The molecule has 0 saturated heterocycles. The molecule has 0 spiro atoms. The van der Waals surface area contributed by atoms with Crippen LogP contribution in [0.15, 0.2) is 42.5 Å². The topological polar surface area (TPSA) is 80.4 Å². The number of aromatic nitrogens is 1. The molecular formula is C23H24N2O4. The fourth-order valence-corrected chi connectivity index (χ4v) is 3.83. The van der Waals surface area contributed by atoms with Crippen molar-refractivity contribution < 1.29 is 19.1 Å². The van der Waals surface area contributed by atoms with Gasteiger partial charge in [-0.2, -0.15) is 0 Å². The summed E-state index contributed by atoms with van der Waals surface area (Å²) in [4.78, 5) is 27.9. The van der Waals surface area contributed by atoms with Crippen molar-refractivity contribution in [1.82, 2.24) is 4.98 Å². The lowest BCUT2D eigenvalue weighted by atomic mass is 9.95. The number of carbonyl (C=O) groups is 2. The van der Waals surface area contributed by atoms with E-state index in [0.717, 1.165) is 23.7 Å². The first-order chi connectivity index (χ1) is 14.2. The molecule has 6 heteroatoms. The quantitative estimate of drug-likeness (QED) is 0.615. The van der Waals surface area contributed by atoms with Gasteiger partial charge in [0.15, 0.2) is 6.61 Å². The van der Waals surface area contributed by atoms with Crippen molar-refractivity contribution in [1.29, 1.82) is 0 Å². The molecule has 1 aliphatic rings. The standard InChI is InChI=1S/C23H24N2O4/c1-2-28-21(26)14-29-16-8-5-7-15(13-16)24-23(27)19-11-6-10-18-17-9-3-4-12-20(17)25-22(18)19/h5-8,10-11,13,25H,2-4,9,12,14H2,1H3,(H,24,27). The van der Waals surface area contributed by atoms with Gasteiger partial charge in [-0.1, -0.05) is 18.2 Å². The van der Waals surface area contributed by atoms with Crippen LogP contribution in [0, 0.1) is 0 Å². The minimum atomic E-state index is -0.427. The van der Waals surface area contributed by atoms with Crippen molar-refractivity contribution in [3.8, 4) is 5.75 Å². The van der Waals surface area contributed by atoms with Crippen LogP contribution in [0.25, 0.3) is 10.9 Å². The van der Waals surface area contributed by atoms with E-state index in [-0.39, 0.29) is 12.5 Å². The number of ether oxygens (including phenoxy) is 2. The Kier molecular flexibility index (Phi) is 5.51. The second kappa shape index (κ2) is 8.39. The Balaban J connectivity index is 1.52. The number of H-pyrrole nitrogens is 1. The highest BCUT2D eigenvalue weighted by Crippen LogP contribution is 2.31. The van der Waals surface area contributed by atoms with Gasteiger partial charge in [0.05, 0.1) is 17.7 Å². The van der Waals surface area contributed by atoms with Crippen molar-refractivity contribution in [3.63, 3.8) is 0 Å². The van der Waals surface area contributed by atoms with E-state index < -0.39 is 5.97 Å². The van der Waals surface area contributed by atoms with E-state index in [4.69, 9.17) is 9.47 Å². The third kappa shape index (κ3) is 4.11. The van der Waals surface area contributed by atoms with Gasteiger partial charge in [0.2, 0.25) is 0 Å². The summed E-state index contributed by atoms with van der Waals surface area (Å²) in [5.74, 6) is -0.120. The molecule has 0 aliphatic heterocycles. The zero-order valence-corrected chi connectivity index (χ0v) is 16.4. The molecule has 2 N–H and O–H groups in total. The molecule has 4 rings (SSSR count). The SMILES string of the molecule is CCOC(=O)COc1cccc(NC(=O)c2cccc3c4c([nH]c23)CCCC4)c1. The lowest BCUT2D eigenvalue weighted by Gasteiger charge is -2.10. The fraction of sp³-hybridized carbons (Fsp3) is 0.304. The largest absolute Gasteiger partial charge is 0.482 e. The summed E-state index contributed by atoms with van der Waals surface area (Å²) in [5, 5.41) is 4.07. The summed E-state index contributed by atoms with van der Waals surface area (Å²) in [6.45, 7) is 1.89. The third-order valence-electron chi connectivity index (χ3n) is 5.13. The second-order valence-corrected chi connectivity index (χ2v) is 7.09. The van der Waals surface area contributed by atoms with E-state index in [0.29, 0.717) is 23.6 Å². The second-order valence-electron chi connectivity index (χ2n) is 7.09. The lowest BCUT2D eigenvalue weighted by Crippen LogP contribution is -2.15. The number of carbonyl (C=O) groups excluding carboxylic acids is 2. The number of benzene rings is 2. The van der Waals surface area contributed by atoms with Gasteiger partial charge >= 0.3 is 5.97 Å². The molecule has 3 aromatic rings. The number of anilines is 1. The van der Waals surface area contributed by atoms with Crippen LogP contribution >= 0.6 is 0 Å². The summed E-state index contributed by atoms with van der Waals surface area (Å²) in [6.07, 6.45) is 4.46. The van der Waals surface area contributed by atoms with Gasteiger partial charge in [0.1, 0.15) is 5.75 Å². The van der Waals surface area contributed by atoms with Crippen LogP contribution in [0.1, 0.15) is 41.4 Å². The molecule has 1 aromatic heterocycles. The van der Waals surface area contributed by atoms with E-state index in [2.05, 4.69) is 16.4 Å². The Morgan fingerprint density at radius 2 is 1.93 bits per heavy atom. The smallest absolute Gasteiger partial charge is 0.344 e. The molecule has 6 nitrogen and oxygen atoms in total. The maximum atomic E-state index is 13.0. The first-order valence-corrected chi connectivity index (χ1v) is 9.98. The summed E-state index contributed by atoms with van der Waals surface area (Å²) in [6, 6.07) is 12.8. The van der Waals surface area contributed by atoms with E-state index in [1.165, 1.54) is 24.1 Å². The zero-order chi connectivity index (χ0) is 20.2.